The van der Waals surface area contributed by atoms with Crippen molar-refractivity contribution >= 4 is 23.2 Å². The number of thiazole rings is 1. The van der Waals surface area contributed by atoms with Crippen LogP contribution in [0.3, 0.4) is 0 Å². The van der Waals surface area contributed by atoms with Gasteiger partial charge in [-0.05, 0) is 51.9 Å². The SMILES string of the molecule is CCNC(=NCC(c1ccco1)N1CCCCC1)NCCNC(=O)c1scnc1C. The fourth-order valence-electron chi connectivity index (χ4n) is 3.57. The van der Waals surface area contributed by atoms with Crippen molar-refractivity contribution in [1.29, 1.82) is 0 Å². The van der Waals surface area contributed by atoms with Gasteiger partial charge in [-0.1, -0.05) is 6.42 Å². The molecule has 1 amide bonds. The van der Waals surface area contributed by atoms with E-state index in [2.05, 4.69) is 25.8 Å². The Kier molecular flexibility index (Phi) is 8.70. The smallest absolute Gasteiger partial charge is 0.263 e. The minimum atomic E-state index is -0.0817. The third kappa shape index (κ3) is 6.30. The molecule has 8 nitrogen and oxygen atoms in total. The van der Waals surface area contributed by atoms with Crippen LogP contribution in [0.1, 0.15) is 53.4 Å². The van der Waals surface area contributed by atoms with Gasteiger partial charge in [0.2, 0.25) is 0 Å². The molecule has 0 aliphatic carbocycles. The second-order valence-electron chi connectivity index (χ2n) is 7.30. The molecule has 1 fully saturated rings. The van der Waals surface area contributed by atoms with E-state index in [4.69, 9.17) is 9.41 Å². The van der Waals surface area contributed by atoms with E-state index < -0.39 is 0 Å². The van der Waals surface area contributed by atoms with Crippen LogP contribution >= 0.6 is 11.3 Å². The third-order valence-electron chi connectivity index (χ3n) is 5.12. The first-order valence-corrected chi connectivity index (χ1v) is 11.5. The average molecular weight is 433 g/mol. The molecule has 1 saturated heterocycles. The van der Waals surface area contributed by atoms with Crippen LogP contribution in [-0.4, -0.2) is 61.0 Å². The van der Waals surface area contributed by atoms with Crippen molar-refractivity contribution in [1.82, 2.24) is 25.8 Å². The lowest BCUT2D eigenvalue weighted by molar-refractivity contribution is 0.0957. The van der Waals surface area contributed by atoms with Crippen LogP contribution in [0, 0.1) is 6.92 Å². The molecule has 0 bridgehead atoms. The lowest BCUT2D eigenvalue weighted by atomic mass is 10.1. The van der Waals surface area contributed by atoms with Gasteiger partial charge in [0.1, 0.15) is 10.6 Å². The normalized spacial score (nSPS) is 16.3. The summed E-state index contributed by atoms with van der Waals surface area (Å²) in [5.41, 5.74) is 2.46. The van der Waals surface area contributed by atoms with Crippen LogP contribution in [0.5, 0.6) is 0 Å². The Bertz CT molecular complexity index is 798. The van der Waals surface area contributed by atoms with Gasteiger partial charge in [0.25, 0.3) is 5.91 Å². The van der Waals surface area contributed by atoms with Crippen molar-refractivity contribution in [3.05, 3.63) is 40.2 Å². The Morgan fingerprint density at radius 2 is 2.07 bits per heavy atom. The fraction of sp³-hybridized carbons (Fsp3) is 0.571. The van der Waals surface area contributed by atoms with Gasteiger partial charge in [-0.15, -0.1) is 11.3 Å². The molecule has 2 aromatic heterocycles. The molecule has 0 radical (unpaired) electrons. The van der Waals surface area contributed by atoms with E-state index in [-0.39, 0.29) is 11.9 Å². The number of carbonyl (C=O) groups excluding carboxylic acids is 1. The second-order valence-corrected chi connectivity index (χ2v) is 8.15. The number of piperidine rings is 1. The maximum atomic E-state index is 12.2. The molecule has 1 unspecified atom stereocenters. The second kappa shape index (κ2) is 11.7. The molecular formula is C21H32N6O2S. The van der Waals surface area contributed by atoms with Crippen molar-refractivity contribution in [2.45, 2.75) is 39.2 Å². The Labute approximate surface area is 182 Å². The van der Waals surface area contributed by atoms with Crippen molar-refractivity contribution in [2.75, 3.05) is 39.3 Å². The zero-order chi connectivity index (χ0) is 21.2. The Balaban J connectivity index is 1.53. The molecule has 3 N–H and O–H groups in total. The minimum Gasteiger partial charge on any atom is -0.468 e. The molecule has 2 aromatic rings. The topological polar surface area (TPSA) is 94.8 Å². The van der Waals surface area contributed by atoms with E-state index in [0.29, 0.717) is 24.5 Å². The molecule has 0 saturated carbocycles. The highest BCUT2D eigenvalue weighted by Crippen LogP contribution is 2.25. The van der Waals surface area contributed by atoms with Gasteiger partial charge in [0, 0.05) is 19.6 Å². The number of hydrogen-bond donors (Lipinski definition) is 3. The molecule has 1 aliphatic heterocycles. The summed E-state index contributed by atoms with van der Waals surface area (Å²) in [5, 5.41) is 9.51. The molecular weight excluding hydrogens is 400 g/mol. The molecule has 1 aliphatic rings. The number of carbonyl (C=O) groups is 1. The molecule has 3 rings (SSSR count). The first kappa shape index (κ1) is 22.3. The summed E-state index contributed by atoms with van der Waals surface area (Å²) in [5.74, 6) is 1.62. The zero-order valence-electron chi connectivity index (χ0n) is 17.8. The van der Waals surface area contributed by atoms with Gasteiger partial charge in [0.15, 0.2) is 5.96 Å². The predicted molar refractivity (Wildman–Crippen MR) is 120 cm³/mol. The first-order valence-electron chi connectivity index (χ1n) is 10.7. The standard InChI is InChI=1S/C21H32N6O2S/c1-3-22-21(24-10-9-23-20(28)19-16(2)26-15-30-19)25-14-17(18-8-7-13-29-18)27-11-5-4-6-12-27/h7-8,13,15,17H,3-6,9-12,14H2,1-2H3,(H,23,28)(H2,22,24,25). The van der Waals surface area contributed by atoms with Crippen LogP contribution in [0.15, 0.2) is 33.3 Å². The third-order valence-corrected chi connectivity index (χ3v) is 6.05. The van der Waals surface area contributed by atoms with Crippen LogP contribution in [0.25, 0.3) is 0 Å². The number of likely N-dealkylation sites (tertiary alicyclic amines) is 1. The first-order chi connectivity index (χ1) is 14.7. The molecule has 0 aromatic carbocycles. The molecule has 0 spiro atoms. The van der Waals surface area contributed by atoms with Gasteiger partial charge in [-0.2, -0.15) is 0 Å². The molecule has 1 atom stereocenters. The van der Waals surface area contributed by atoms with Gasteiger partial charge in [-0.3, -0.25) is 14.7 Å². The van der Waals surface area contributed by atoms with E-state index in [1.165, 1.54) is 30.6 Å². The Hall–Kier alpha value is -2.39. The highest BCUT2D eigenvalue weighted by atomic mass is 32.1. The number of nitrogens with zero attached hydrogens (tertiary/aromatic N) is 3. The van der Waals surface area contributed by atoms with Crippen molar-refractivity contribution in [3.63, 3.8) is 0 Å². The van der Waals surface area contributed by atoms with Crippen LogP contribution in [0.2, 0.25) is 0 Å². The van der Waals surface area contributed by atoms with Gasteiger partial charge in [-0.25, -0.2) is 4.98 Å². The van der Waals surface area contributed by atoms with E-state index in [1.807, 2.05) is 26.0 Å². The fourth-order valence-corrected chi connectivity index (χ4v) is 4.29. The number of aryl methyl sites for hydroxylation is 1. The Morgan fingerprint density at radius 1 is 1.27 bits per heavy atom. The number of hydrogen-bond acceptors (Lipinski definition) is 6. The summed E-state index contributed by atoms with van der Waals surface area (Å²) in [4.78, 5) is 24.2. The van der Waals surface area contributed by atoms with Crippen molar-refractivity contribution in [3.8, 4) is 0 Å². The van der Waals surface area contributed by atoms with Crippen LogP contribution in [0.4, 0.5) is 0 Å². The molecule has 30 heavy (non-hydrogen) atoms. The highest BCUT2D eigenvalue weighted by Gasteiger charge is 2.24. The van der Waals surface area contributed by atoms with E-state index >= 15 is 0 Å². The number of nitrogens with one attached hydrogen (secondary N) is 3. The van der Waals surface area contributed by atoms with Crippen LogP contribution < -0.4 is 16.0 Å². The average Bonchev–Trinajstić information content (AvgIpc) is 3.44. The molecule has 164 valence electrons. The predicted octanol–water partition coefficient (Wildman–Crippen LogP) is 2.56. The van der Waals surface area contributed by atoms with Gasteiger partial charge < -0.3 is 20.4 Å². The number of aromatic nitrogens is 1. The summed E-state index contributed by atoms with van der Waals surface area (Å²) < 4.78 is 5.71. The number of amides is 1. The van der Waals surface area contributed by atoms with Crippen molar-refractivity contribution in [2.24, 2.45) is 4.99 Å². The maximum absolute atomic E-state index is 12.2. The van der Waals surface area contributed by atoms with E-state index in [9.17, 15) is 4.79 Å². The zero-order valence-corrected chi connectivity index (χ0v) is 18.6. The maximum Gasteiger partial charge on any atom is 0.263 e. The lowest BCUT2D eigenvalue weighted by Crippen LogP contribution is -2.42. The summed E-state index contributed by atoms with van der Waals surface area (Å²) in [6.07, 6.45) is 5.46. The number of guanidine groups is 1. The number of furan rings is 1. The number of rotatable bonds is 9. The number of aliphatic imine (C=N–C) groups is 1. The van der Waals surface area contributed by atoms with E-state index in [0.717, 1.165) is 37.0 Å². The summed E-state index contributed by atoms with van der Waals surface area (Å²) >= 11 is 1.36. The van der Waals surface area contributed by atoms with E-state index in [1.54, 1.807) is 11.8 Å². The minimum absolute atomic E-state index is 0.0817. The highest BCUT2D eigenvalue weighted by molar-refractivity contribution is 7.11. The molecule has 9 heteroatoms. The quantitative estimate of drug-likeness (QED) is 0.320. The largest absolute Gasteiger partial charge is 0.468 e. The Morgan fingerprint density at radius 3 is 2.73 bits per heavy atom. The summed E-state index contributed by atoms with van der Waals surface area (Å²) in [6, 6.07) is 4.11. The lowest BCUT2D eigenvalue weighted by Gasteiger charge is -2.32. The summed E-state index contributed by atoms with van der Waals surface area (Å²) in [7, 11) is 0. The molecule has 3 heterocycles. The van der Waals surface area contributed by atoms with Crippen LogP contribution in [-0.2, 0) is 0 Å². The monoisotopic (exact) mass is 432 g/mol. The van der Waals surface area contributed by atoms with Gasteiger partial charge in [0.05, 0.1) is 30.1 Å². The van der Waals surface area contributed by atoms with Gasteiger partial charge >= 0.3 is 0 Å². The van der Waals surface area contributed by atoms with Crippen molar-refractivity contribution < 1.29 is 9.21 Å². The summed E-state index contributed by atoms with van der Waals surface area (Å²) in [6.45, 7) is 8.53.